The molecule has 0 aromatic carbocycles. The van der Waals surface area contributed by atoms with E-state index in [2.05, 4.69) is 0 Å². The Morgan fingerprint density at radius 3 is 2.67 bits per heavy atom. The van der Waals surface area contributed by atoms with E-state index in [0.717, 1.165) is 0 Å². The van der Waals surface area contributed by atoms with E-state index in [4.69, 9.17) is 16.3 Å². The predicted molar refractivity (Wildman–Crippen MR) is 41.0 cm³/mol. The third-order valence-corrected chi connectivity index (χ3v) is 0.985. The van der Waals surface area contributed by atoms with Crippen LogP contribution in [0.2, 0.25) is 0 Å². The fraction of sp³-hybridized carbons (Fsp3) is 0.714. The molecule has 0 aliphatic rings. The topological polar surface area (TPSA) is 9.23 Å². The predicted octanol–water partition coefficient (Wildman–Crippen LogP) is 2.21. The summed E-state index contributed by atoms with van der Waals surface area (Å²) in [5.74, 6) is 0.580. The Balaban J connectivity index is 3.00. The first-order chi connectivity index (χ1) is 4.27. The molecular weight excluding hydrogens is 136 g/mol. The molecule has 1 nitrogen and oxygen atoms in total. The van der Waals surface area contributed by atoms with Gasteiger partial charge in [0.15, 0.2) is 0 Å². The van der Waals surface area contributed by atoms with Crippen molar-refractivity contribution >= 4 is 11.6 Å². The summed E-state index contributed by atoms with van der Waals surface area (Å²) in [6, 6.07) is 0. The van der Waals surface area contributed by atoms with E-state index in [-0.39, 0.29) is 0 Å². The summed E-state index contributed by atoms with van der Waals surface area (Å²) in [6.07, 6.45) is 2.03. The largest absolute Gasteiger partial charge is 0.376 e. The molecule has 0 amide bonds. The Bertz CT molecular complexity index is 84.9. The second kappa shape index (κ2) is 6.12. The van der Waals surface area contributed by atoms with Crippen LogP contribution in [0.5, 0.6) is 0 Å². The number of ether oxygens (including phenoxy) is 1. The third kappa shape index (κ3) is 7.99. The van der Waals surface area contributed by atoms with Crippen molar-refractivity contribution < 1.29 is 4.74 Å². The van der Waals surface area contributed by atoms with Crippen molar-refractivity contribution in [3.63, 3.8) is 0 Å². The Labute approximate surface area is 61.7 Å². The molecule has 0 N–H and O–H groups in total. The average Bonchev–Trinajstić information content (AvgIpc) is 1.80. The lowest BCUT2D eigenvalue weighted by atomic mass is 10.3. The molecule has 2 heteroatoms. The first kappa shape index (κ1) is 8.99. The van der Waals surface area contributed by atoms with Gasteiger partial charge in [0, 0.05) is 5.88 Å². The molecule has 0 saturated carbocycles. The van der Waals surface area contributed by atoms with Crippen molar-refractivity contribution in [1.29, 1.82) is 0 Å². The molecular formula is C7H13ClO. The maximum atomic E-state index is 5.37. The maximum Gasteiger partial charge on any atom is 0.0650 e. The number of allylic oxidation sites excluding steroid dienone is 1. The molecule has 0 rings (SSSR count). The monoisotopic (exact) mass is 148 g/mol. The summed E-state index contributed by atoms with van der Waals surface area (Å²) in [5.41, 5.74) is 1.28. The van der Waals surface area contributed by atoms with Crippen LogP contribution < -0.4 is 0 Å². The molecule has 0 aromatic heterocycles. The number of hydrogen-bond donors (Lipinski definition) is 0. The van der Waals surface area contributed by atoms with Crippen molar-refractivity contribution in [2.24, 2.45) is 0 Å². The van der Waals surface area contributed by atoms with E-state index in [1.165, 1.54) is 5.57 Å². The number of rotatable bonds is 4. The SMILES string of the molecule is CC(C)=CCOCCCl. The van der Waals surface area contributed by atoms with Crippen LogP contribution in [0.4, 0.5) is 0 Å². The molecule has 9 heavy (non-hydrogen) atoms. The summed E-state index contributed by atoms with van der Waals surface area (Å²) in [5, 5.41) is 0. The van der Waals surface area contributed by atoms with E-state index in [1.807, 2.05) is 19.9 Å². The van der Waals surface area contributed by atoms with Crippen molar-refractivity contribution in [3.8, 4) is 0 Å². The Kier molecular flexibility index (Phi) is 6.11. The van der Waals surface area contributed by atoms with Crippen LogP contribution in [-0.4, -0.2) is 19.1 Å². The zero-order valence-electron chi connectivity index (χ0n) is 5.98. The highest BCUT2D eigenvalue weighted by Gasteiger charge is 1.80. The Morgan fingerprint density at radius 2 is 2.22 bits per heavy atom. The summed E-state index contributed by atoms with van der Waals surface area (Å²) < 4.78 is 5.09. The van der Waals surface area contributed by atoms with Crippen molar-refractivity contribution in [1.82, 2.24) is 0 Å². The molecule has 0 saturated heterocycles. The van der Waals surface area contributed by atoms with Crippen LogP contribution in [0.25, 0.3) is 0 Å². The minimum Gasteiger partial charge on any atom is -0.376 e. The highest BCUT2D eigenvalue weighted by Crippen LogP contribution is 1.88. The van der Waals surface area contributed by atoms with Crippen LogP contribution in [-0.2, 0) is 4.74 Å². The van der Waals surface area contributed by atoms with Gasteiger partial charge in [0.25, 0.3) is 0 Å². The molecule has 0 bridgehead atoms. The van der Waals surface area contributed by atoms with Crippen LogP contribution in [0.15, 0.2) is 11.6 Å². The summed E-state index contributed by atoms with van der Waals surface area (Å²) >= 11 is 5.37. The van der Waals surface area contributed by atoms with Gasteiger partial charge in [0.1, 0.15) is 0 Å². The van der Waals surface area contributed by atoms with Gasteiger partial charge in [0.2, 0.25) is 0 Å². The summed E-state index contributed by atoms with van der Waals surface area (Å²) in [7, 11) is 0. The van der Waals surface area contributed by atoms with Gasteiger partial charge in [-0.25, -0.2) is 0 Å². The minimum atomic E-state index is 0.580. The molecule has 0 spiro atoms. The molecule has 0 aliphatic heterocycles. The van der Waals surface area contributed by atoms with Gasteiger partial charge < -0.3 is 4.74 Å². The van der Waals surface area contributed by atoms with Gasteiger partial charge in [-0.1, -0.05) is 11.6 Å². The number of halogens is 1. The van der Waals surface area contributed by atoms with Gasteiger partial charge >= 0.3 is 0 Å². The average molecular weight is 149 g/mol. The maximum absolute atomic E-state index is 5.37. The van der Waals surface area contributed by atoms with E-state index in [9.17, 15) is 0 Å². The summed E-state index contributed by atoms with van der Waals surface area (Å²) in [4.78, 5) is 0. The molecule has 0 radical (unpaired) electrons. The zero-order valence-corrected chi connectivity index (χ0v) is 6.74. The fourth-order valence-electron chi connectivity index (χ4n) is 0.363. The van der Waals surface area contributed by atoms with Crippen molar-refractivity contribution in [2.75, 3.05) is 19.1 Å². The Hall–Kier alpha value is -0.0100. The number of alkyl halides is 1. The molecule has 0 heterocycles. The summed E-state index contributed by atoms with van der Waals surface area (Å²) in [6.45, 7) is 5.43. The normalized spacial score (nSPS) is 9.22. The fourth-order valence-corrected chi connectivity index (χ4v) is 0.473. The Morgan fingerprint density at radius 1 is 1.56 bits per heavy atom. The van der Waals surface area contributed by atoms with Crippen LogP contribution in [0.1, 0.15) is 13.8 Å². The molecule has 0 aromatic rings. The first-order valence-corrected chi connectivity index (χ1v) is 3.58. The standard InChI is InChI=1S/C7H13ClO/c1-7(2)3-5-9-6-4-8/h3H,4-6H2,1-2H3. The van der Waals surface area contributed by atoms with Gasteiger partial charge in [-0.2, -0.15) is 0 Å². The first-order valence-electron chi connectivity index (χ1n) is 3.04. The van der Waals surface area contributed by atoms with Gasteiger partial charge in [-0.15, -0.1) is 11.6 Å². The number of hydrogen-bond acceptors (Lipinski definition) is 1. The van der Waals surface area contributed by atoms with E-state index >= 15 is 0 Å². The minimum absolute atomic E-state index is 0.580. The highest BCUT2D eigenvalue weighted by atomic mass is 35.5. The smallest absolute Gasteiger partial charge is 0.0650 e. The second-order valence-electron chi connectivity index (χ2n) is 2.05. The van der Waals surface area contributed by atoms with Crippen molar-refractivity contribution in [3.05, 3.63) is 11.6 Å². The van der Waals surface area contributed by atoms with Crippen LogP contribution >= 0.6 is 11.6 Å². The molecule has 0 fully saturated rings. The highest BCUT2D eigenvalue weighted by molar-refractivity contribution is 6.17. The molecule has 54 valence electrons. The van der Waals surface area contributed by atoms with E-state index in [0.29, 0.717) is 19.1 Å². The molecule has 0 aliphatic carbocycles. The molecule has 0 atom stereocenters. The van der Waals surface area contributed by atoms with E-state index < -0.39 is 0 Å². The molecule has 0 unspecified atom stereocenters. The zero-order chi connectivity index (χ0) is 7.11. The van der Waals surface area contributed by atoms with Gasteiger partial charge in [0.05, 0.1) is 13.2 Å². The quantitative estimate of drug-likeness (QED) is 0.338. The second-order valence-corrected chi connectivity index (χ2v) is 2.42. The van der Waals surface area contributed by atoms with E-state index in [1.54, 1.807) is 0 Å². The van der Waals surface area contributed by atoms with Crippen LogP contribution in [0, 0.1) is 0 Å². The third-order valence-electron chi connectivity index (χ3n) is 0.831. The lowest BCUT2D eigenvalue weighted by Gasteiger charge is -1.95. The van der Waals surface area contributed by atoms with Crippen molar-refractivity contribution in [2.45, 2.75) is 13.8 Å². The van der Waals surface area contributed by atoms with Gasteiger partial charge in [-0.05, 0) is 13.8 Å². The lowest BCUT2D eigenvalue weighted by Crippen LogP contribution is -1.94. The lowest BCUT2D eigenvalue weighted by molar-refractivity contribution is 0.179. The van der Waals surface area contributed by atoms with Gasteiger partial charge in [-0.3, -0.25) is 0 Å². The van der Waals surface area contributed by atoms with Crippen LogP contribution in [0.3, 0.4) is 0 Å².